The number of hydrogen-bond donors (Lipinski definition) is 1. The van der Waals surface area contributed by atoms with Gasteiger partial charge in [-0.2, -0.15) is 0 Å². The third-order valence-electron chi connectivity index (χ3n) is 5.46. The van der Waals surface area contributed by atoms with E-state index in [1.807, 2.05) is 17.0 Å². The van der Waals surface area contributed by atoms with Crippen LogP contribution >= 0.6 is 0 Å². The highest BCUT2D eigenvalue weighted by Crippen LogP contribution is 2.37. The zero-order valence-electron chi connectivity index (χ0n) is 13.6. The Labute approximate surface area is 137 Å². The molecule has 4 rings (SSSR count). The van der Waals surface area contributed by atoms with Gasteiger partial charge in [0.2, 0.25) is 5.91 Å². The number of amides is 2. The van der Waals surface area contributed by atoms with Crippen LogP contribution in [0.1, 0.15) is 66.4 Å². The number of nitrogens with zero attached hydrogens (tertiary/aromatic N) is 1. The van der Waals surface area contributed by atoms with Crippen molar-refractivity contribution in [1.29, 1.82) is 0 Å². The zero-order valence-corrected chi connectivity index (χ0v) is 13.6. The molecule has 2 amide bonds. The van der Waals surface area contributed by atoms with Crippen molar-refractivity contribution in [3.63, 3.8) is 0 Å². The van der Waals surface area contributed by atoms with Gasteiger partial charge in [-0.05, 0) is 48.9 Å². The summed E-state index contributed by atoms with van der Waals surface area (Å²) in [6.07, 6.45) is 9.59. The lowest BCUT2D eigenvalue weighted by atomic mass is 9.96. The fraction of sp³-hybridized carbons (Fsp3) is 0.579. The van der Waals surface area contributed by atoms with Gasteiger partial charge in [-0.1, -0.05) is 25.7 Å². The molecule has 4 heteroatoms. The first-order chi connectivity index (χ1) is 11.2. The van der Waals surface area contributed by atoms with E-state index in [0.717, 1.165) is 49.0 Å². The summed E-state index contributed by atoms with van der Waals surface area (Å²) in [6, 6.07) is 4.26. The summed E-state index contributed by atoms with van der Waals surface area (Å²) >= 11 is 0. The van der Waals surface area contributed by atoms with Gasteiger partial charge >= 0.3 is 0 Å². The fourth-order valence-corrected chi connectivity index (χ4v) is 4.30. The van der Waals surface area contributed by atoms with Crippen LogP contribution < -0.4 is 10.2 Å². The van der Waals surface area contributed by atoms with Gasteiger partial charge in [-0.15, -0.1) is 0 Å². The molecule has 0 aromatic heterocycles. The molecule has 1 fully saturated rings. The molecular formula is C19H24N2O2. The predicted octanol–water partition coefficient (Wildman–Crippen LogP) is 2.97. The van der Waals surface area contributed by atoms with Crippen molar-refractivity contribution < 1.29 is 9.59 Å². The van der Waals surface area contributed by atoms with Crippen LogP contribution in [0.4, 0.5) is 5.69 Å². The lowest BCUT2D eigenvalue weighted by Gasteiger charge is -2.26. The second-order valence-electron chi connectivity index (χ2n) is 7.13. The molecule has 23 heavy (non-hydrogen) atoms. The first-order valence-corrected chi connectivity index (χ1v) is 8.99. The molecule has 0 atom stereocenters. The molecule has 0 unspecified atom stereocenters. The van der Waals surface area contributed by atoms with Gasteiger partial charge in [0.1, 0.15) is 0 Å². The molecule has 2 aliphatic heterocycles. The van der Waals surface area contributed by atoms with Crippen LogP contribution in [0.5, 0.6) is 0 Å². The van der Waals surface area contributed by atoms with Crippen LogP contribution in [-0.4, -0.2) is 24.4 Å². The lowest BCUT2D eigenvalue weighted by Crippen LogP contribution is -2.34. The minimum absolute atomic E-state index is 0.0347. The van der Waals surface area contributed by atoms with Gasteiger partial charge in [0.25, 0.3) is 5.91 Å². The van der Waals surface area contributed by atoms with E-state index in [1.165, 1.54) is 31.2 Å². The van der Waals surface area contributed by atoms with Crippen molar-refractivity contribution >= 4 is 17.5 Å². The number of aryl methyl sites for hydroxylation is 1. The van der Waals surface area contributed by atoms with Crippen LogP contribution in [0.15, 0.2) is 12.1 Å². The van der Waals surface area contributed by atoms with Crippen molar-refractivity contribution in [2.45, 2.75) is 63.8 Å². The largest absolute Gasteiger partial charge is 0.349 e. The lowest BCUT2D eigenvalue weighted by molar-refractivity contribution is -0.117. The summed E-state index contributed by atoms with van der Waals surface area (Å²) in [5, 5.41) is 3.22. The number of anilines is 1. The summed E-state index contributed by atoms with van der Waals surface area (Å²) in [5.74, 6) is 0.217. The zero-order chi connectivity index (χ0) is 15.8. The van der Waals surface area contributed by atoms with E-state index in [9.17, 15) is 9.59 Å². The molecular weight excluding hydrogens is 288 g/mol. The topological polar surface area (TPSA) is 49.4 Å². The van der Waals surface area contributed by atoms with Gasteiger partial charge in [0.15, 0.2) is 0 Å². The molecule has 1 aliphatic carbocycles. The molecule has 0 bridgehead atoms. The summed E-state index contributed by atoms with van der Waals surface area (Å²) < 4.78 is 0. The van der Waals surface area contributed by atoms with Crippen LogP contribution in [0.3, 0.4) is 0 Å². The molecule has 3 aliphatic rings. The van der Waals surface area contributed by atoms with E-state index < -0.39 is 0 Å². The summed E-state index contributed by atoms with van der Waals surface area (Å²) in [7, 11) is 0. The summed E-state index contributed by atoms with van der Waals surface area (Å²) in [4.78, 5) is 26.7. The van der Waals surface area contributed by atoms with Crippen molar-refractivity contribution in [3.05, 3.63) is 28.8 Å². The highest BCUT2D eigenvalue weighted by Gasteiger charge is 2.33. The predicted molar refractivity (Wildman–Crippen MR) is 89.8 cm³/mol. The van der Waals surface area contributed by atoms with Gasteiger partial charge in [-0.25, -0.2) is 0 Å². The number of carbonyl (C=O) groups excluding carboxylic acids is 2. The fourth-order valence-electron chi connectivity index (χ4n) is 4.30. The maximum atomic E-state index is 12.7. The van der Waals surface area contributed by atoms with Gasteiger partial charge < -0.3 is 10.2 Å². The number of nitrogens with one attached hydrogen (secondary N) is 1. The van der Waals surface area contributed by atoms with E-state index in [1.54, 1.807) is 0 Å². The molecule has 4 nitrogen and oxygen atoms in total. The van der Waals surface area contributed by atoms with Gasteiger partial charge in [-0.3, -0.25) is 9.59 Å². The van der Waals surface area contributed by atoms with E-state index in [0.29, 0.717) is 12.5 Å². The third-order valence-corrected chi connectivity index (χ3v) is 5.46. The molecule has 2 heterocycles. The molecule has 0 saturated heterocycles. The minimum atomic E-state index is 0.0347. The Kier molecular flexibility index (Phi) is 3.83. The Balaban J connectivity index is 1.57. The molecule has 1 saturated carbocycles. The maximum absolute atomic E-state index is 12.7. The van der Waals surface area contributed by atoms with Crippen molar-refractivity contribution in [1.82, 2.24) is 5.32 Å². The number of carbonyl (C=O) groups is 2. The first kappa shape index (κ1) is 14.7. The quantitative estimate of drug-likeness (QED) is 0.854. The van der Waals surface area contributed by atoms with E-state index in [-0.39, 0.29) is 11.8 Å². The highest BCUT2D eigenvalue weighted by molar-refractivity contribution is 6.04. The average Bonchev–Trinajstić information content (AvgIpc) is 2.74. The Morgan fingerprint density at radius 3 is 2.57 bits per heavy atom. The first-order valence-electron chi connectivity index (χ1n) is 8.99. The minimum Gasteiger partial charge on any atom is -0.349 e. The average molecular weight is 312 g/mol. The van der Waals surface area contributed by atoms with Crippen LogP contribution in [0.25, 0.3) is 0 Å². The summed E-state index contributed by atoms with van der Waals surface area (Å²) in [6.45, 7) is 0.826. The third kappa shape index (κ3) is 2.75. The SMILES string of the molecule is O=C(NC1CCCCCC1)c1cc2c3c(c1)CC(=O)N3CCC2. The second-order valence-corrected chi connectivity index (χ2v) is 7.13. The molecule has 0 spiro atoms. The highest BCUT2D eigenvalue weighted by atomic mass is 16.2. The molecule has 1 N–H and O–H groups in total. The van der Waals surface area contributed by atoms with Crippen LogP contribution in [-0.2, 0) is 17.6 Å². The van der Waals surface area contributed by atoms with Crippen LogP contribution in [0.2, 0.25) is 0 Å². The van der Waals surface area contributed by atoms with E-state index in [2.05, 4.69) is 5.32 Å². The van der Waals surface area contributed by atoms with Crippen molar-refractivity contribution in [2.75, 3.05) is 11.4 Å². The normalized spacial score (nSPS) is 21.0. The number of benzene rings is 1. The number of rotatable bonds is 2. The second kappa shape index (κ2) is 5.99. The van der Waals surface area contributed by atoms with E-state index in [4.69, 9.17) is 0 Å². The van der Waals surface area contributed by atoms with Gasteiger partial charge in [0, 0.05) is 18.2 Å². The Morgan fingerprint density at radius 2 is 1.78 bits per heavy atom. The molecule has 122 valence electrons. The Morgan fingerprint density at radius 1 is 1.04 bits per heavy atom. The standard InChI is InChI=1S/C19H24N2O2/c22-17-12-14-11-15(10-13-6-5-9-21(17)18(13)14)19(23)20-16-7-3-1-2-4-8-16/h10-11,16H,1-9,12H2,(H,20,23). The van der Waals surface area contributed by atoms with Crippen LogP contribution in [0, 0.1) is 0 Å². The monoisotopic (exact) mass is 312 g/mol. The Bertz CT molecular complexity index is 645. The molecule has 1 aromatic rings. The Hall–Kier alpha value is -1.84. The van der Waals surface area contributed by atoms with Gasteiger partial charge in [0.05, 0.1) is 12.1 Å². The summed E-state index contributed by atoms with van der Waals surface area (Å²) in [5.41, 5.74) is 4.04. The smallest absolute Gasteiger partial charge is 0.251 e. The maximum Gasteiger partial charge on any atom is 0.251 e. The van der Waals surface area contributed by atoms with E-state index >= 15 is 0 Å². The van der Waals surface area contributed by atoms with Crippen molar-refractivity contribution in [3.8, 4) is 0 Å². The molecule has 1 aromatic carbocycles. The van der Waals surface area contributed by atoms with Crippen molar-refractivity contribution in [2.24, 2.45) is 0 Å². The number of hydrogen-bond acceptors (Lipinski definition) is 2. The molecule has 0 radical (unpaired) electrons.